The van der Waals surface area contributed by atoms with Gasteiger partial charge in [0.25, 0.3) is 0 Å². The molecule has 128 valence electrons. The van der Waals surface area contributed by atoms with Crippen LogP contribution in [-0.2, 0) is 6.42 Å². The Hall–Kier alpha value is -1.56. The molecule has 3 rings (SSSR count). The molecule has 2 aromatic carbocycles. The Bertz CT molecular complexity index is 597. The third kappa shape index (κ3) is 4.29. The molecular formula is C24H32. The lowest BCUT2D eigenvalue weighted by atomic mass is 9.77. The molecule has 0 bridgehead atoms. The molecule has 1 aliphatic rings. The van der Waals surface area contributed by atoms with Crippen molar-refractivity contribution in [2.75, 3.05) is 0 Å². The van der Waals surface area contributed by atoms with Crippen LogP contribution in [0.5, 0.6) is 0 Å². The zero-order valence-electron chi connectivity index (χ0n) is 15.4. The standard InChI is InChI=1S/C24H32/c1-3-5-19-7-11-21(12-8-19)23-15-17-24(18-16-23)22-13-9-20(6-4-2)10-14-22/h7-8,11-12,15-18,20,22H,3-6,9-10,13-14H2,1-2H3. The molecular weight excluding hydrogens is 288 g/mol. The SMILES string of the molecule is CCCc1ccc(-c2ccc(C3CCC(CCC)CC3)cc2)cc1. The van der Waals surface area contributed by atoms with Crippen molar-refractivity contribution in [2.24, 2.45) is 5.92 Å². The van der Waals surface area contributed by atoms with Crippen LogP contribution in [0.3, 0.4) is 0 Å². The maximum atomic E-state index is 2.38. The predicted octanol–water partition coefficient (Wildman–Crippen LogP) is 7.38. The fraction of sp³-hybridized carbons (Fsp3) is 0.500. The topological polar surface area (TPSA) is 0 Å². The van der Waals surface area contributed by atoms with Crippen LogP contribution in [0.25, 0.3) is 11.1 Å². The van der Waals surface area contributed by atoms with E-state index in [4.69, 9.17) is 0 Å². The minimum absolute atomic E-state index is 0.791. The van der Waals surface area contributed by atoms with E-state index in [1.165, 1.54) is 68.1 Å². The summed E-state index contributed by atoms with van der Waals surface area (Å²) in [7, 11) is 0. The van der Waals surface area contributed by atoms with Crippen LogP contribution in [0.4, 0.5) is 0 Å². The molecule has 0 aromatic heterocycles. The van der Waals surface area contributed by atoms with Crippen LogP contribution in [0.2, 0.25) is 0 Å². The molecule has 0 heteroatoms. The van der Waals surface area contributed by atoms with Crippen LogP contribution in [-0.4, -0.2) is 0 Å². The van der Waals surface area contributed by atoms with Gasteiger partial charge in [-0.2, -0.15) is 0 Å². The highest BCUT2D eigenvalue weighted by Crippen LogP contribution is 2.38. The number of aryl methyl sites for hydroxylation is 1. The van der Waals surface area contributed by atoms with Crippen molar-refractivity contribution in [1.82, 2.24) is 0 Å². The van der Waals surface area contributed by atoms with Gasteiger partial charge in [0.05, 0.1) is 0 Å². The van der Waals surface area contributed by atoms with Crippen molar-refractivity contribution in [3.63, 3.8) is 0 Å². The van der Waals surface area contributed by atoms with Gasteiger partial charge < -0.3 is 0 Å². The van der Waals surface area contributed by atoms with E-state index in [9.17, 15) is 0 Å². The van der Waals surface area contributed by atoms with Crippen LogP contribution in [0.15, 0.2) is 48.5 Å². The molecule has 0 aliphatic heterocycles. The molecule has 0 atom stereocenters. The van der Waals surface area contributed by atoms with Gasteiger partial charge in [-0.1, -0.05) is 81.6 Å². The zero-order chi connectivity index (χ0) is 16.8. The van der Waals surface area contributed by atoms with E-state index in [0.717, 1.165) is 11.8 Å². The third-order valence-corrected chi connectivity index (χ3v) is 5.75. The summed E-state index contributed by atoms with van der Waals surface area (Å²) in [5.74, 6) is 1.78. The summed E-state index contributed by atoms with van der Waals surface area (Å²) in [5, 5.41) is 0. The molecule has 0 heterocycles. The van der Waals surface area contributed by atoms with Crippen molar-refractivity contribution in [1.29, 1.82) is 0 Å². The van der Waals surface area contributed by atoms with Crippen LogP contribution in [0, 0.1) is 5.92 Å². The zero-order valence-corrected chi connectivity index (χ0v) is 15.4. The second-order valence-electron chi connectivity index (χ2n) is 7.58. The van der Waals surface area contributed by atoms with Crippen molar-refractivity contribution < 1.29 is 0 Å². The lowest BCUT2D eigenvalue weighted by Gasteiger charge is -2.28. The minimum Gasteiger partial charge on any atom is -0.0654 e. The molecule has 0 saturated heterocycles. The van der Waals surface area contributed by atoms with E-state index in [2.05, 4.69) is 62.4 Å². The van der Waals surface area contributed by atoms with Gasteiger partial charge in [-0.25, -0.2) is 0 Å². The van der Waals surface area contributed by atoms with E-state index in [-0.39, 0.29) is 0 Å². The van der Waals surface area contributed by atoms with Gasteiger partial charge in [-0.3, -0.25) is 0 Å². The van der Waals surface area contributed by atoms with Crippen molar-refractivity contribution in [2.45, 2.75) is 71.1 Å². The molecule has 0 spiro atoms. The third-order valence-electron chi connectivity index (χ3n) is 5.75. The summed E-state index contributed by atoms with van der Waals surface area (Å²) in [6, 6.07) is 18.5. The average molecular weight is 321 g/mol. The molecule has 0 nitrogen and oxygen atoms in total. The van der Waals surface area contributed by atoms with Gasteiger partial charge in [-0.05, 0) is 66.2 Å². The van der Waals surface area contributed by atoms with Crippen LogP contribution in [0.1, 0.15) is 75.8 Å². The largest absolute Gasteiger partial charge is 0.0654 e. The fourth-order valence-electron chi connectivity index (χ4n) is 4.29. The van der Waals surface area contributed by atoms with E-state index in [1.54, 1.807) is 5.56 Å². The normalized spacial score (nSPS) is 20.9. The summed E-state index contributed by atoms with van der Waals surface area (Å²) in [4.78, 5) is 0. The molecule has 1 aliphatic carbocycles. The summed E-state index contributed by atoms with van der Waals surface area (Å²) < 4.78 is 0. The molecule has 0 amide bonds. The summed E-state index contributed by atoms with van der Waals surface area (Å²) in [6.45, 7) is 4.56. The molecule has 0 unspecified atom stereocenters. The van der Waals surface area contributed by atoms with Gasteiger partial charge in [0.1, 0.15) is 0 Å². The Balaban J connectivity index is 1.63. The Labute approximate surface area is 148 Å². The Morgan fingerprint density at radius 3 is 1.83 bits per heavy atom. The van der Waals surface area contributed by atoms with Gasteiger partial charge in [0.15, 0.2) is 0 Å². The predicted molar refractivity (Wildman–Crippen MR) is 105 cm³/mol. The quantitative estimate of drug-likeness (QED) is 0.521. The summed E-state index contributed by atoms with van der Waals surface area (Å²) in [6.07, 6.45) is 10.8. The molecule has 0 N–H and O–H groups in total. The van der Waals surface area contributed by atoms with Gasteiger partial charge in [0, 0.05) is 0 Å². The Morgan fingerprint density at radius 2 is 1.29 bits per heavy atom. The van der Waals surface area contributed by atoms with Gasteiger partial charge in [-0.15, -0.1) is 0 Å². The highest BCUT2D eigenvalue weighted by Gasteiger charge is 2.21. The molecule has 1 saturated carbocycles. The number of hydrogen-bond donors (Lipinski definition) is 0. The first-order valence-electron chi connectivity index (χ1n) is 9.99. The smallest absolute Gasteiger partial charge is 0.0162 e. The van der Waals surface area contributed by atoms with E-state index in [1.807, 2.05) is 0 Å². The lowest BCUT2D eigenvalue weighted by molar-refractivity contribution is 0.308. The first-order valence-corrected chi connectivity index (χ1v) is 9.99. The maximum Gasteiger partial charge on any atom is -0.0162 e. The number of benzene rings is 2. The van der Waals surface area contributed by atoms with Crippen molar-refractivity contribution in [3.05, 3.63) is 59.7 Å². The lowest BCUT2D eigenvalue weighted by Crippen LogP contribution is -2.13. The number of rotatable bonds is 6. The molecule has 0 radical (unpaired) electrons. The highest BCUT2D eigenvalue weighted by atomic mass is 14.3. The second-order valence-corrected chi connectivity index (χ2v) is 7.58. The van der Waals surface area contributed by atoms with Gasteiger partial charge >= 0.3 is 0 Å². The van der Waals surface area contributed by atoms with E-state index >= 15 is 0 Å². The molecule has 1 fully saturated rings. The fourth-order valence-corrected chi connectivity index (χ4v) is 4.29. The first kappa shape index (κ1) is 17.3. The minimum atomic E-state index is 0.791. The highest BCUT2D eigenvalue weighted by molar-refractivity contribution is 5.64. The first-order chi connectivity index (χ1) is 11.8. The summed E-state index contributed by atoms with van der Waals surface area (Å²) in [5.41, 5.74) is 5.69. The maximum absolute atomic E-state index is 2.38. The van der Waals surface area contributed by atoms with E-state index < -0.39 is 0 Å². The summed E-state index contributed by atoms with van der Waals surface area (Å²) >= 11 is 0. The molecule has 24 heavy (non-hydrogen) atoms. The average Bonchev–Trinajstić information content (AvgIpc) is 2.64. The Kier molecular flexibility index (Phi) is 6.12. The van der Waals surface area contributed by atoms with Crippen LogP contribution < -0.4 is 0 Å². The van der Waals surface area contributed by atoms with Gasteiger partial charge in [0.2, 0.25) is 0 Å². The van der Waals surface area contributed by atoms with Crippen molar-refractivity contribution in [3.8, 4) is 11.1 Å². The van der Waals surface area contributed by atoms with Crippen molar-refractivity contribution >= 4 is 0 Å². The van der Waals surface area contributed by atoms with E-state index in [0.29, 0.717) is 0 Å². The second kappa shape index (κ2) is 8.51. The Morgan fingerprint density at radius 1 is 0.708 bits per heavy atom. The molecule has 2 aromatic rings. The monoisotopic (exact) mass is 320 g/mol. The van der Waals surface area contributed by atoms with Crippen LogP contribution >= 0.6 is 0 Å². The number of hydrogen-bond acceptors (Lipinski definition) is 0.